The van der Waals surface area contributed by atoms with Crippen molar-refractivity contribution in [3.63, 3.8) is 0 Å². The minimum Gasteiger partial charge on any atom is -0.392 e. The van der Waals surface area contributed by atoms with Crippen LogP contribution >= 0.6 is 35.2 Å². The number of thiophene rings is 1. The highest BCUT2D eigenvalue weighted by Crippen LogP contribution is 2.24. The largest absolute Gasteiger partial charge is 0.392 e. The van der Waals surface area contributed by atoms with Gasteiger partial charge in [-0.15, -0.1) is 11.3 Å². The van der Waals surface area contributed by atoms with Crippen LogP contribution in [0.1, 0.15) is 18.7 Å². The zero-order chi connectivity index (χ0) is 14.0. The minimum absolute atomic E-state index is 0.187. The number of rotatable bonds is 4. The molecule has 0 aliphatic carbocycles. The SMILES string of the molecule is CC(C)(C(N)=S)N1CCN(Cc2ccc(Cl)s2)CC1. The fourth-order valence-corrected chi connectivity index (χ4v) is 3.54. The molecule has 0 aromatic carbocycles. The highest BCUT2D eigenvalue weighted by molar-refractivity contribution is 7.80. The maximum Gasteiger partial charge on any atom is 0.0931 e. The molecule has 0 saturated carbocycles. The molecule has 2 N–H and O–H groups in total. The topological polar surface area (TPSA) is 32.5 Å². The smallest absolute Gasteiger partial charge is 0.0931 e. The molecule has 0 spiro atoms. The van der Waals surface area contributed by atoms with Crippen molar-refractivity contribution in [2.45, 2.75) is 25.9 Å². The number of thiocarbonyl (C=S) groups is 1. The van der Waals surface area contributed by atoms with Gasteiger partial charge in [-0.3, -0.25) is 9.80 Å². The molecule has 1 aromatic rings. The zero-order valence-electron chi connectivity index (χ0n) is 11.4. The number of piperazine rings is 1. The van der Waals surface area contributed by atoms with Gasteiger partial charge >= 0.3 is 0 Å². The van der Waals surface area contributed by atoms with Crippen molar-refractivity contribution in [1.29, 1.82) is 0 Å². The minimum atomic E-state index is -0.187. The molecule has 0 atom stereocenters. The van der Waals surface area contributed by atoms with Crippen LogP contribution in [0, 0.1) is 0 Å². The third-order valence-electron chi connectivity index (χ3n) is 3.77. The second kappa shape index (κ2) is 6.06. The van der Waals surface area contributed by atoms with Gasteiger partial charge in [0, 0.05) is 37.6 Å². The summed E-state index contributed by atoms with van der Waals surface area (Å²) in [6.45, 7) is 9.28. The Morgan fingerprint density at radius 3 is 2.47 bits per heavy atom. The third-order valence-corrected chi connectivity index (χ3v) is 5.49. The molecular weight excluding hydrogens is 298 g/mol. The summed E-state index contributed by atoms with van der Waals surface area (Å²) in [7, 11) is 0. The van der Waals surface area contributed by atoms with E-state index in [9.17, 15) is 0 Å². The molecule has 1 aliphatic rings. The van der Waals surface area contributed by atoms with E-state index in [-0.39, 0.29) is 5.54 Å². The van der Waals surface area contributed by atoms with E-state index in [4.69, 9.17) is 29.6 Å². The molecule has 2 rings (SSSR count). The van der Waals surface area contributed by atoms with Crippen molar-refractivity contribution in [2.75, 3.05) is 26.2 Å². The molecule has 2 heterocycles. The number of halogens is 1. The van der Waals surface area contributed by atoms with Gasteiger partial charge in [-0.2, -0.15) is 0 Å². The summed E-state index contributed by atoms with van der Waals surface area (Å²) < 4.78 is 0.864. The summed E-state index contributed by atoms with van der Waals surface area (Å²) in [6.07, 6.45) is 0. The average molecular weight is 318 g/mol. The predicted molar refractivity (Wildman–Crippen MR) is 87.0 cm³/mol. The number of nitrogens with zero attached hydrogens (tertiary/aromatic N) is 2. The van der Waals surface area contributed by atoms with E-state index in [0.29, 0.717) is 4.99 Å². The molecule has 1 saturated heterocycles. The van der Waals surface area contributed by atoms with E-state index in [1.165, 1.54) is 4.88 Å². The van der Waals surface area contributed by atoms with Gasteiger partial charge in [-0.1, -0.05) is 23.8 Å². The molecule has 3 nitrogen and oxygen atoms in total. The Labute approximate surface area is 129 Å². The first-order valence-corrected chi connectivity index (χ1v) is 8.01. The van der Waals surface area contributed by atoms with Crippen LogP contribution in [0.3, 0.4) is 0 Å². The van der Waals surface area contributed by atoms with Crippen molar-refractivity contribution >= 4 is 40.1 Å². The van der Waals surface area contributed by atoms with Crippen LogP contribution in [0.2, 0.25) is 4.34 Å². The molecule has 1 aliphatic heterocycles. The summed E-state index contributed by atoms with van der Waals surface area (Å²) in [4.78, 5) is 6.72. The van der Waals surface area contributed by atoms with Crippen LogP contribution in [0.15, 0.2) is 12.1 Å². The molecular formula is C13H20ClN3S2. The second-order valence-corrected chi connectivity index (χ2v) is 7.63. The summed E-state index contributed by atoms with van der Waals surface area (Å²) >= 11 is 12.8. The molecule has 0 radical (unpaired) electrons. The molecule has 0 bridgehead atoms. The first kappa shape index (κ1) is 15.2. The highest BCUT2D eigenvalue weighted by atomic mass is 35.5. The van der Waals surface area contributed by atoms with Crippen molar-refractivity contribution in [1.82, 2.24) is 9.80 Å². The van der Waals surface area contributed by atoms with E-state index in [0.717, 1.165) is 37.1 Å². The van der Waals surface area contributed by atoms with E-state index in [2.05, 4.69) is 29.7 Å². The van der Waals surface area contributed by atoms with Gasteiger partial charge in [0.25, 0.3) is 0 Å². The van der Waals surface area contributed by atoms with Gasteiger partial charge in [-0.25, -0.2) is 0 Å². The van der Waals surface area contributed by atoms with Gasteiger partial charge in [0.05, 0.1) is 14.9 Å². The fourth-order valence-electron chi connectivity index (χ4n) is 2.28. The first-order chi connectivity index (χ1) is 8.89. The Morgan fingerprint density at radius 1 is 1.37 bits per heavy atom. The van der Waals surface area contributed by atoms with Crippen LogP contribution in [0.25, 0.3) is 0 Å². The lowest BCUT2D eigenvalue weighted by atomic mass is 10.0. The first-order valence-electron chi connectivity index (χ1n) is 6.41. The number of nitrogens with two attached hydrogens (primary N) is 1. The van der Waals surface area contributed by atoms with E-state index < -0.39 is 0 Å². The van der Waals surface area contributed by atoms with Crippen LogP contribution in [0.5, 0.6) is 0 Å². The standard InChI is InChI=1S/C13H20ClN3S2/c1-13(2,12(15)18)17-7-5-16(6-8-17)9-10-3-4-11(14)19-10/h3-4H,5-9H2,1-2H3,(H2,15,18). The van der Waals surface area contributed by atoms with Crippen molar-refractivity contribution < 1.29 is 0 Å². The quantitative estimate of drug-likeness (QED) is 0.865. The monoisotopic (exact) mass is 317 g/mol. The molecule has 0 amide bonds. The number of hydrogen-bond donors (Lipinski definition) is 1. The Hall–Kier alpha value is -0.200. The van der Waals surface area contributed by atoms with Gasteiger partial charge < -0.3 is 5.73 Å². The average Bonchev–Trinajstić information content (AvgIpc) is 2.75. The second-order valence-electron chi connectivity index (χ2n) is 5.39. The van der Waals surface area contributed by atoms with E-state index in [1.807, 2.05) is 6.07 Å². The predicted octanol–water partition coefficient (Wildman–Crippen LogP) is 2.58. The van der Waals surface area contributed by atoms with E-state index >= 15 is 0 Å². The highest BCUT2D eigenvalue weighted by Gasteiger charge is 2.32. The summed E-state index contributed by atoms with van der Waals surface area (Å²) in [6, 6.07) is 4.08. The molecule has 106 valence electrons. The Bertz CT molecular complexity index is 450. The van der Waals surface area contributed by atoms with E-state index in [1.54, 1.807) is 11.3 Å². The summed E-state index contributed by atoms with van der Waals surface area (Å²) in [5, 5.41) is 0. The van der Waals surface area contributed by atoms with Crippen LogP contribution in [-0.4, -0.2) is 46.5 Å². The number of hydrogen-bond acceptors (Lipinski definition) is 4. The maximum atomic E-state index is 5.96. The van der Waals surface area contributed by atoms with Crippen molar-refractivity contribution in [3.8, 4) is 0 Å². The Kier molecular flexibility index (Phi) is 4.84. The fraction of sp³-hybridized carbons (Fsp3) is 0.615. The Morgan fingerprint density at radius 2 is 2.00 bits per heavy atom. The summed E-state index contributed by atoms with van der Waals surface area (Å²) in [5.74, 6) is 0. The van der Waals surface area contributed by atoms with Gasteiger partial charge in [-0.05, 0) is 26.0 Å². The van der Waals surface area contributed by atoms with Crippen molar-refractivity contribution in [3.05, 3.63) is 21.3 Å². The normalized spacial score (nSPS) is 18.7. The maximum absolute atomic E-state index is 5.96. The third kappa shape index (κ3) is 3.67. The Balaban J connectivity index is 1.87. The van der Waals surface area contributed by atoms with Crippen LogP contribution < -0.4 is 5.73 Å². The van der Waals surface area contributed by atoms with Gasteiger partial charge in [0.1, 0.15) is 0 Å². The van der Waals surface area contributed by atoms with Gasteiger partial charge in [0.15, 0.2) is 0 Å². The lowest BCUT2D eigenvalue weighted by molar-refractivity contribution is 0.0827. The zero-order valence-corrected chi connectivity index (χ0v) is 13.7. The molecule has 1 fully saturated rings. The molecule has 6 heteroatoms. The lowest BCUT2D eigenvalue weighted by Crippen LogP contribution is -2.58. The summed E-state index contributed by atoms with van der Waals surface area (Å²) in [5.41, 5.74) is 5.64. The van der Waals surface area contributed by atoms with Crippen LogP contribution in [-0.2, 0) is 6.54 Å². The lowest BCUT2D eigenvalue weighted by Gasteiger charge is -2.43. The molecule has 19 heavy (non-hydrogen) atoms. The van der Waals surface area contributed by atoms with Crippen molar-refractivity contribution in [2.24, 2.45) is 5.73 Å². The van der Waals surface area contributed by atoms with Crippen LogP contribution in [0.4, 0.5) is 0 Å². The molecule has 0 unspecified atom stereocenters. The molecule has 1 aromatic heterocycles. The van der Waals surface area contributed by atoms with Gasteiger partial charge in [0.2, 0.25) is 0 Å².